The number of carbonyl (C=O) groups is 2. The maximum atomic E-state index is 12.4. The maximum Gasteiger partial charge on any atom is 0.273 e. The van der Waals surface area contributed by atoms with Crippen LogP contribution in [0.15, 0.2) is 18.2 Å². The normalized spacial score (nSPS) is 10.3. The number of nitro benzene ring substituents is 1. The lowest BCUT2D eigenvalue weighted by molar-refractivity contribution is -0.385. The van der Waals surface area contributed by atoms with E-state index in [1.807, 2.05) is 0 Å². The van der Waals surface area contributed by atoms with Crippen molar-refractivity contribution < 1.29 is 14.5 Å². The molecular formula is C15H16N4O4S. The molecule has 126 valence electrons. The first-order chi connectivity index (χ1) is 11.2. The van der Waals surface area contributed by atoms with Crippen molar-refractivity contribution in [2.24, 2.45) is 0 Å². The molecule has 0 unspecified atom stereocenters. The van der Waals surface area contributed by atoms with Crippen LogP contribution in [0.3, 0.4) is 0 Å². The summed E-state index contributed by atoms with van der Waals surface area (Å²) in [6.45, 7) is 3.20. The molecule has 9 heteroatoms. The number of amides is 2. The minimum Gasteiger partial charge on any atom is -0.344 e. The van der Waals surface area contributed by atoms with E-state index in [0.717, 1.165) is 11.3 Å². The average Bonchev–Trinajstić information content (AvgIpc) is 2.86. The molecule has 1 N–H and O–H groups in total. The number of carbonyl (C=O) groups excluding carboxylic acids is 2. The van der Waals surface area contributed by atoms with Crippen LogP contribution in [0.1, 0.15) is 31.3 Å². The average molecular weight is 348 g/mol. The van der Waals surface area contributed by atoms with Gasteiger partial charge in [0.15, 0.2) is 5.13 Å². The highest BCUT2D eigenvalue weighted by molar-refractivity contribution is 7.17. The molecule has 2 rings (SSSR count). The lowest BCUT2D eigenvalue weighted by atomic mass is 10.1. The van der Waals surface area contributed by atoms with E-state index in [0.29, 0.717) is 10.6 Å². The van der Waals surface area contributed by atoms with Crippen molar-refractivity contribution in [2.45, 2.75) is 13.8 Å². The van der Waals surface area contributed by atoms with Gasteiger partial charge in [-0.25, -0.2) is 4.98 Å². The summed E-state index contributed by atoms with van der Waals surface area (Å²) in [5.74, 6) is -0.703. The van der Waals surface area contributed by atoms with Gasteiger partial charge in [-0.1, -0.05) is 17.4 Å². The standard InChI is InChI=1S/C15H16N4O4S/c1-8-10(6-5-7-11(8)19(22)23)13(20)17-15-16-9(2)12(24-15)14(21)18(3)4/h5-7H,1-4H3,(H,16,17,20). The Morgan fingerprint density at radius 3 is 2.54 bits per heavy atom. The van der Waals surface area contributed by atoms with Crippen molar-refractivity contribution in [1.29, 1.82) is 0 Å². The van der Waals surface area contributed by atoms with Crippen molar-refractivity contribution in [3.05, 3.63) is 50.0 Å². The fourth-order valence-electron chi connectivity index (χ4n) is 2.08. The topological polar surface area (TPSA) is 105 Å². The molecule has 0 aliphatic heterocycles. The van der Waals surface area contributed by atoms with E-state index < -0.39 is 10.8 Å². The molecule has 0 saturated carbocycles. The second-order valence-electron chi connectivity index (χ2n) is 5.29. The molecule has 0 aliphatic rings. The van der Waals surface area contributed by atoms with Crippen LogP contribution in [-0.4, -0.2) is 40.7 Å². The summed E-state index contributed by atoms with van der Waals surface area (Å²) in [6, 6.07) is 4.30. The van der Waals surface area contributed by atoms with Gasteiger partial charge in [0.25, 0.3) is 17.5 Å². The summed E-state index contributed by atoms with van der Waals surface area (Å²) in [7, 11) is 3.26. The maximum absolute atomic E-state index is 12.4. The number of aromatic nitrogens is 1. The summed E-state index contributed by atoms with van der Waals surface area (Å²) in [6.07, 6.45) is 0. The zero-order chi connectivity index (χ0) is 18.0. The molecule has 2 aromatic rings. The summed E-state index contributed by atoms with van der Waals surface area (Å²) < 4.78 is 0. The van der Waals surface area contributed by atoms with E-state index in [4.69, 9.17) is 0 Å². The molecule has 0 bridgehead atoms. The Hall–Kier alpha value is -2.81. The van der Waals surface area contributed by atoms with Gasteiger partial charge in [-0.15, -0.1) is 0 Å². The van der Waals surface area contributed by atoms with E-state index in [1.54, 1.807) is 21.0 Å². The molecule has 1 aromatic carbocycles. The number of nitrogens with zero attached hydrogens (tertiary/aromatic N) is 3. The van der Waals surface area contributed by atoms with Gasteiger partial charge < -0.3 is 4.90 Å². The van der Waals surface area contributed by atoms with Gasteiger partial charge >= 0.3 is 0 Å². The van der Waals surface area contributed by atoms with Crippen LogP contribution in [0.2, 0.25) is 0 Å². The molecule has 0 atom stereocenters. The number of thiazole rings is 1. The highest BCUT2D eigenvalue weighted by Gasteiger charge is 2.21. The summed E-state index contributed by atoms with van der Waals surface area (Å²) in [5.41, 5.74) is 0.863. The van der Waals surface area contributed by atoms with Gasteiger partial charge in [-0.05, 0) is 19.9 Å². The third-order valence-electron chi connectivity index (χ3n) is 3.36. The van der Waals surface area contributed by atoms with Crippen molar-refractivity contribution >= 4 is 34.0 Å². The number of benzene rings is 1. The van der Waals surface area contributed by atoms with Crippen molar-refractivity contribution in [2.75, 3.05) is 19.4 Å². The number of nitro groups is 1. The fourth-order valence-corrected chi connectivity index (χ4v) is 3.07. The van der Waals surface area contributed by atoms with Crippen LogP contribution in [0.5, 0.6) is 0 Å². The van der Waals surface area contributed by atoms with Crippen LogP contribution in [-0.2, 0) is 0 Å². The third kappa shape index (κ3) is 3.40. The Morgan fingerprint density at radius 1 is 1.29 bits per heavy atom. The lowest BCUT2D eigenvalue weighted by Gasteiger charge is -2.07. The van der Waals surface area contributed by atoms with Gasteiger partial charge in [-0.3, -0.25) is 25.0 Å². The summed E-state index contributed by atoms with van der Waals surface area (Å²) in [4.78, 5) is 40.9. The number of aryl methyl sites for hydroxylation is 1. The van der Waals surface area contributed by atoms with Gasteiger partial charge in [0.05, 0.1) is 10.6 Å². The molecule has 8 nitrogen and oxygen atoms in total. The third-order valence-corrected chi connectivity index (χ3v) is 4.42. The van der Waals surface area contributed by atoms with E-state index in [2.05, 4.69) is 10.3 Å². The second kappa shape index (κ2) is 6.75. The first-order valence-electron chi connectivity index (χ1n) is 6.96. The number of hydrogen-bond acceptors (Lipinski definition) is 6. The monoisotopic (exact) mass is 348 g/mol. The lowest BCUT2D eigenvalue weighted by Crippen LogP contribution is -2.21. The first kappa shape index (κ1) is 17.5. The van der Waals surface area contributed by atoms with E-state index in [-0.39, 0.29) is 27.9 Å². The van der Waals surface area contributed by atoms with Crippen LogP contribution < -0.4 is 5.32 Å². The minimum absolute atomic E-state index is 0.124. The second-order valence-corrected chi connectivity index (χ2v) is 6.29. The molecule has 24 heavy (non-hydrogen) atoms. The van der Waals surface area contributed by atoms with Gasteiger partial charge in [0.1, 0.15) is 4.88 Å². The van der Waals surface area contributed by atoms with Crippen LogP contribution in [0.4, 0.5) is 10.8 Å². The van der Waals surface area contributed by atoms with Crippen LogP contribution >= 0.6 is 11.3 Å². The van der Waals surface area contributed by atoms with Gasteiger partial charge in [0, 0.05) is 31.3 Å². The van der Waals surface area contributed by atoms with Gasteiger partial charge in [-0.2, -0.15) is 0 Å². The van der Waals surface area contributed by atoms with Crippen molar-refractivity contribution in [1.82, 2.24) is 9.88 Å². The first-order valence-corrected chi connectivity index (χ1v) is 7.78. The Kier molecular flexibility index (Phi) is 4.93. The number of nitrogens with one attached hydrogen (secondary N) is 1. The zero-order valence-electron chi connectivity index (χ0n) is 13.6. The van der Waals surface area contributed by atoms with E-state index in [9.17, 15) is 19.7 Å². The molecule has 2 amide bonds. The van der Waals surface area contributed by atoms with Crippen LogP contribution in [0.25, 0.3) is 0 Å². The smallest absolute Gasteiger partial charge is 0.273 e. The molecule has 0 aliphatic carbocycles. The largest absolute Gasteiger partial charge is 0.344 e. The molecule has 0 saturated heterocycles. The van der Waals surface area contributed by atoms with Crippen molar-refractivity contribution in [3.63, 3.8) is 0 Å². The molecule has 0 radical (unpaired) electrons. The molecular weight excluding hydrogens is 332 g/mol. The minimum atomic E-state index is -0.534. The number of anilines is 1. The Morgan fingerprint density at radius 2 is 1.96 bits per heavy atom. The zero-order valence-corrected chi connectivity index (χ0v) is 14.4. The predicted octanol–water partition coefficient (Wildman–Crippen LogP) is 2.62. The fraction of sp³-hybridized carbons (Fsp3) is 0.267. The van der Waals surface area contributed by atoms with Crippen LogP contribution in [0, 0.1) is 24.0 Å². The quantitative estimate of drug-likeness (QED) is 0.675. The molecule has 0 spiro atoms. The molecule has 1 heterocycles. The SMILES string of the molecule is Cc1nc(NC(=O)c2cccc([N+](=O)[O-])c2C)sc1C(=O)N(C)C. The highest BCUT2D eigenvalue weighted by Crippen LogP contribution is 2.26. The number of hydrogen-bond donors (Lipinski definition) is 1. The molecule has 0 fully saturated rings. The summed E-state index contributed by atoms with van der Waals surface area (Å²) in [5, 5.41) is 13.8. The van der Waals surface area contributed by atoms with Gasteiger partial charge in [0.2, 0.25) is 0 Å². The summed E-state index contributed by atoms with van der Waals surface area (Å²) >= 11 is 1.07. The number of rotatable bonds is 4. The Bertz CT molecular complexity index is 829. The van der Waals surface area contributed by atoms with E-state index >= 15 is 0 Å². The van der Waals surface area contributed by atoms with Crippen molar-refractivity contribution in [3.8, 4) is 0 Å². The molecule has 1 aromatic heterocycles. The van der Waals surface area contributed by atoms with E-state index in [1.165, 1.54) is 30.0 Å². The predicted molar refractivity (Wildman–Crippen MR) is 90.7 cm³/mol. The highest BCUT2D eigenvalue weighted by atomic mass is 32.1. The Balaban J connectivity index is 2.28. The Labute approximate surface area is 142 Å².